The molecule has 0 amide bonds. The SMILES string of the molecule is CCCCC/C=C/C(=O)CCc1ccc(O)c(OCCc2ccc(O)c([C@@H]3CC(=O)c4cc[nH]c4CC#Cc4cc5c(cc43)C=CN[C@H]5N)c2)c1. The maximum absolute atomic E-state index is 13.8. The highest BCUT2D eigenvalue weighted by Gasteiger charge is 2.28. The molecule has 3 aromatic carbocycles. The summed E-state index contributed by atoms with van der Waals surface area (Å²) >= 11 is 0. The Hall–Kier alpha value is -5.52. The number of fused-ring (bicyclic) bond motifs is 3. The van der Waals surface area contributed by atoms with Crippen LogP contribution in [-0.4, -0.2) is 33.4 Å². The molecule has 6 N–H and O–H groups in total. The largest absolute Gasteiger partial charge is 0.508 e. The van der Waals surface area contributed by atoms with Gasteiger partial charge >= 0.3 is 0 Å². The fourth-order valence-corrected chi connectivity index (χ4v) is 6.74. The van der Waals surface area contributed by atoms with Crippen LogP contribution in [0.5, 0.6) is 17.2 Å². The van der Waals surface area contributed by atoms with Gasteiger partial charge in [-0.05, 0) is 102 Å². The van der Waals surface area contributed by atoms with E-state index in [4.69, 9.17) is 10.5 Å². The normalized spacial score (nSPS) is 16.4. The summed E-state index contributed by atoms with van der Waals surface area (Å²) < 4.78 is 6.04. The molecule has 51 heavy (non-hydrogen) atoms. The smallest absolute Gasteiger partial charge is 0.165 e. The first-order valence-corrected chi connectivity index (χ1v) is 17.8. The van der Waals surface area contributed by atoms with Gasteiger partial charge in [0.15, 0.2) is 23.1 Å². The minimum atomic E-state index is -0.483. The van der Waals surface area contributed by atoms with Crippen LogP contribution in [0.4, 0.5) is 0 Å². The number of ketones is 2. The number of hydrogen-bond donors (Lipinski definition) is 5. The second-order valence-electron chi connectivity index (χ2n) is 13.2. The van der Waals surface area contributed by atoms with Gasteiger partial charge in [-0.2, -0.15) is 0 Å². The molecule has 0 fully saturated rings. The van der Waals surface area contributed by atoms with E-state index in [1.54, 1.807) is 36.5 Å². The van der Waals surface area contributed by atoms with E-state index in [0.717, 1.165) is 64.8 Å². The molecule has 6 rings (SSSR count). The number of aryl methyl sites for hydroxylation is 1. The number of aromatic amines is 1. The van der Waals surface area contributed by atoms with Crippen molar-refractivity contribution < 1.29 is 24.5 Å². The molecule has 1 aliphatic carbocycles. The number of ether oxygens (including phenoxy) is 1. The summed E-state index contributed by atoms with van der Waals surface area (Å²) in [5.74, 6) is 6.62. The van der Waals surface area contributed by atoms with Crippen LogP contribution in [0.2, 0.25) is 0 Å². The summed E-state index contributed by atoms with van der Waals surface area (Å²) in [4.78, 5) is 29.3. The van der Waals surface area contributed by atoms with E-state index in [9.17, 15) is 19.8 Å². The average molecular weight is 684 g/mol. The Morgan fingerprint density at radius 1 is 1.00 bits per heavy atom. The fraction of sp³-hybridized carbons (Fsp3) is 0.302. The third-order valence-electron chi connectivity index (χ3n) is 9.59. The molecule has 1 aromatic heterocycles. The zero-order valence-electron chi connectivity index (χ0n) is 29.0. The molecule has 1 aliphatic heterocycles. The van der Waals surface area contributed by atoms with Crippen LogP contribution in [-0.2, 0) is 24.1 Å². The number of rotatable bonds is 13. The zero-order valence-corrected chi connectivity index (χ0v) is 29.0. The molecule has 2 atom stereocenters. The van der Waals surface area contributed by atoms with Gasteiger partial charge in [-0.25, -0.2) is 0 Å². The molecule has 2 heterocycles. The Morgan fingerprint density at radius 3 is 2.67 bits per heavy atom. The zero-order chi connectivity index (χ0) is 35.7. The van der Waals surface area contributed by atoms with Gasteiger partial charge in [0.25, 0.3) is 0 Å². The Balaban J connectivity index is 1.21. The quantitative estimate of drug-likeness (QED) is 0.0558. The monoisotopic (exact) mass is 683 g/mol. The lowest BCUT2D eigenvalue weighted by molar-refractivity contribution is -0.114. The van der Waals surface area contributed by atoms with Gasteiger partial charge in [0, 0.05) is 53.8 Å². The van der Waals surface area contributed by atoms with E-state index in [0.29, 0.717) is 42.6 Å². The van der Waals surface area contributed by atoms with Crippen LogP contribution in [0.1, 0.15) is 113 Å². The van der Waals surface area contributed by atoms with Gasteiger partial charge in [-0.1, -0.05) is 55.9 Å². The molecular weight excluding hydrogens is 638 g/mol. The van der Waals surface area contributed by atoms with E-state index in [1.165, 1.54) is 0 Å². The number of phenolic OH excluding ortho intramolecular Hbond substituents is 2. The number of nitrogens with two attached hydrogens (primary N) is 1. The van der Waals surface area contributed by atoms with Gasteiger partial charge in [0.2, 0.25) is 0 Å². The topological polar surface area (TPSA) is 138 Å². The lowest BCUT2D eigenvalue weighted by Gasteiger charge is -2.26. The predicted molar refractivity (Wildman–Crippen MR) is 200 cm³/mol. The molecule has 0 radical (unpaired) electrons. The standard InChI is InChI=1S/C43H45N3O5/c1-2-3-4-5-6-9-32(47)14-11-28-13-16-40(49)42(24-28)51-22-19-29-12-15-39(48)37(23-29)36-27-41(50)33-18-21-45-38(33)10-7-8-30-26-35-31(25-34(30)36)17-20-46-43(35)44/h6,9,12-13,15-18,20-21,23-26,36,43,45-46,48-49H,2-5,10-11,14,19,22,27,44H2,1H3/b9-6+/t36-,43-/m1/s1. The average Bonchev–Trinajstić information content (AvgIpc) is 3.60. The Morgan fingerprint density at radius 2 is 1.82 bits per heavy atom. The highest BCUT2D eigenvalue weighted by Crippen LogP contribution is 2.40. The Labute approximate surface area is 299 Å². The second kappa shape index (κ2) is 16.5. The number of hydrogen-bond acceptors (Lipinski definition) is 7. The van der Waals surface area contributed by atoms with Crippen molar-refractivity contribution in [1.29, 1.82) is 0 Å². The first-order chi connectivity index (χ1) is 24.8. The molecule has 0 saturated carbocycles. The summed E-state index contributed by atoms with van der Waals surface area (Å²) in [6.45, 7) is 2.43. The maximum atomic E-state index is 13.8. The van der Waals surface area contributed by atoms with Crippen molar-refractivity contribution in [2.45, 2.75) is 76.8 Å². The predicted octanol–water partition coefficient (Wildman–Crippen LogP) is 7.53. The number of unbranched alkanes of at least 4 members (excludes halogenated alkanes) is 3. The van der Waals surface area contributed by atoms with Crippen LogP contribution in [0.15, 0.2) is 79.1 Å². The number of H-pyrrole nitrogens is 1. The molecule has 8 heteroatoms. The molecular formula is C43H45N3O5. The highest BCUT2D eigenvalue weighted by atomic mass is 16.5. The number of allylic oxidation sites excluding steroid dienone is 2. The molecule has 0 spiro atoms. The minimum absolute atomic E-state index is 0.0291. The van der Waals surface area contributed by atoms with Crippen molar-refractivity contribution in [3.05, 3.63) is 129 Å². The van der Waals surface area contributed by atoms with E-state index in [-0.39, 0.29) is 42.3 Å². The number of carbonyl (C=O) groups excluding carboxylic acids is 2. The minimum Gasteiger partial charge on any atom is -0.508 e. The van der Waals surface area contributed by atoms with Crippen molar-refractivity contribution in [3.63, 3.8) is 0 Å². The second-order valence-corrected chi connectivity index (χ2v) is 13.2. The molecule has 0 saturated heterocycles. The molecule has 262 valence electrons. The van der Waals surface area contributed by atoms with Gasteiger partial charge in [-0.15, -0.1) is 0 Å². The Kier molecular flexibility index (Phi) is 11.4. The van der Waals surface area contributed by atoms with Crippen LogP contribution in [0, 0.1) is 11.8 Å². The summed E-state index contributed by atoms with van der Waals surface area (Å²) in [5.41, 5.74) is 13.7. The lowest BCUT2D eigenvalue weighted by atomic mass is 9.80. The number of Topliss-reactive ketones (excluding diaryl/α,β-unsaturated/α-hetero) is 1. The summed E-state index contributed by atoms with van der Waals surface area (Å²) in [5, 5.41) is 24.9. The molecule has 0 unspecified atom stereocenters. The van der Waals surface area contributed by atoms with Crippen LogP contribution < -0.4 is 15.8 Å². The highest BCUT2D eigenvalue weighted by molar-refractivity contribution is 5.98. The van der Waals surface area contributed by atoms with Crippen molar-refractivity contribution in [2.75, 3.05) is 6.61 Å². The van der Waals surface area contributed by atoms with E-state index in [2.05, 4.69) is 29.1 Å². The van der Waals surface area contributed by atoms with E-state index >= 15 is 0 Å². The summed E-state index contributed by atoms with van der Waals surface area (Å²) in [6.07, 6.45) is 15.1. The van der Waals surface area contributed by atoms with Crippen LogP contribution in [0.25, 0.3) is 6.08 Å². The van der Waals surface area contributed by atoms with Gasteiger partial charge in [0.05, 0.1) is 13.0 Å². The van der Waals surface area contributed by atoms with Crippen molar-refractivity contribution in [1.82, 2.24) is 10.3 Å². The molecule has 0 bridgehead atoms. The summed E-state index contributed by atoms with van der Waals surface area (Å²) in [6, 6.07) is 16.4. The number of aromatic hydroxyl groups is 2. The fourth-order valence-electron chi connectivity index (χ4n) is 6.74. The van der Waals surface area contributed by atoms with Crippen molar-refractivity contribution in [2.24, 2.45) is 5.73 Å². The maximum Gasteiger partial charge on any atom is 0.165 e. The van der Waals surface area contributed by atoms with Crippen LogP contribution >= 0.6 is 0 Å². The van der Waals surface area contributed by atoms with Crippen molar-refractivity contribution in [3.8, 4) is 29.1 Å². The van der Waals surface area contributed by atoms with E-state index < -0.39 is 5.92 Å². The number of carbonyl (C=O) groups is 2. The van der Waals surface area contributed by atoms with E-state index in [1.807, 2.05) is 48.7 Å². The third kappa shape index (κ3) is 8.62. The number of phenols is 2. The molecule has 4 aromatic rings. The molecule has 8 nitrogen and oxygen atoms in total. The Bertz CT molecular complexity index is 2030. The number of aromatic nitrogens is 1. The first kappa shape index (κ1) is 35.3. The third-order valence-corrected chi connectivity index (χ3v) is 9.59. The lowest BCUT2D eigenvalue weighted by Crippen LogP contribution is -2.27. The van der Waals surface area contributed by atoms with Crippen LogP contribution in [0.3, 0.4) is 0 Å². The molecule has 2 aliphatic rings. The first-order valence-electron chi connectivity index (χ1n) is 17.8. The number of benzene rings is 3. The van der Waals surface area contributed by atoms with Crippen molar-refractivity contribution >= 4 is 17.6 Å². The summed E-state index contributed by atoms with van der Waals surface area (Å²) in [7, 11) is 0. The van der Waals surface area contributed by atoms with Gasteiger partial charge in [0.1, 0.15) is 11.9 Å². The van der Waals surface area contributed by atoms with Gasteiger partial charge in [-0.3, -0.25) is 9.59 Å². The van der Waals surface area contributed by atoms with Gasteiger partial charge < -0.3 is 31.0 Å². The number of nitrogens with one attached hydrogen (secondary N) is 2.